The topological polar surface area (TPSA) is 12.0 Å². The van der Waals surface area contributed by atoms with Gasteiger partial charge in [-0.1, -0.05) is 32.6 Å². The second-order valence-electron chi connectivity index (χ2n) is 3.70. The van der Waals surface area contributed by atoms with Crippen LogP contribution in [-0.4, -0.2) is 13.1 Å². The van der Waals surface area contributed by atoms with Crippen molar-refractivity contribution in [2.75, 3.05) is 7.05 Å². The molecule has 0 aromatic heterocycles. The molecule has 0 saturated heterocycles. The van der Waals surface area contributed by atoms with Gasteiger partial charge in [0, 0.05) is 6.04 Å². The van der Waals surface area contributed by atoms with Crippen molar-refractivity contribution in [2.45, 2.75) is 51.5 Å². The Labute approximate surface area is 70.6 Å². The Morgan fingerprint density at radius 3 is 2.55 bits per heavy atom. The zero-order valence-electron chi connectivity index (χ0n) is 7.90. The van der Waals surface area contributed by atoms with E-state index in [-0.39, 0.29) is 0 Å². The highest BCUT2D eigenvalue weighted by molar-refractivity contribution is 4.76. The second kappa shape index (κ2) is 4.76. The van der Waals surface area contributed by atoms with E-state index in [1.165, 1.54) is 38.5 Å². The van der Waals surface area contributed by atoms with Crippen molar-refractivity contribution < 1.29 is 0 Å². The third-order valence-corrected chi connectivity index (χ3v) is 3.05. The molecule has 0 aromatic carbocycles. The molecule has 66 valence electrons. The van der Waals surface area contributed by atoms with Crippen molar-refractivity contribution in [1.82, 2.24) is 5.32 Å². The second-order valence-corrected chi connectivity index (χ2v) is 3.70. The quantitative estimate of drug-likeness (QED) is 0.604. The molecule has 0 amide bonds. The van der Waals surface area contributed by atoms with Gasteiger partial charge in [0.1, 0.15) is 0 Å². The normalized spacial score (nSPS) is 33.3. The average Bonchev–Trinajstić information content (AvgIpc) is 2.27. The summed E-state index contributed by atoms with van der Waals surface area (Å²) < 4.78 is 0. The number of hydrogen-bond donors (Lipinski definition) is 1. The third kappa shape index (κ3) is 2.48. The van der Waals surface area contributed by atoms with Crippen LogP contribution in [0.5, 0.6) is 0 Å². The Morgan fingerprint density at radius 1 is 1.18 bits per heavy atom. The largest absolute Gasteiger partial charge is 0.317 e. The van der Waals surface area contributed by atoms with Crippen molar-refractivity contribution >= 4 is 0 Å². The Balaban J connectivity index is 2.41. The van der Waals surface area contributed by atoms with Crippen LogP contribution < -0.4 is 5.32 Å². The van der Waals surface area contributed by atoms with Gasteiger partial charge in [0.25, 0.3) is 0 Å². The van der Waals surface area contributed by atoms with Crippen LogP contribution in [0.1, 0.15) is 45.4 Å². The molecule has 1 N–H and O–H groups in total. The van der Waals surface area contributed by atoms with Crippen LogP contribution in [0.2, 0.25) is 0 Å². The van der Waals surface area contributed by atoms with Gasteiger partial charge in [-0.05, 0) is 25.8 Å². The third-order valence-electron chi connectivity index (χ3n) is 3.05. The van der Waals surface area contributed by atoms with E-state index in [9.17, 15) is 0 Å². The lowest BCUT2D eigenvalue weighted by molar-refractivity contribution is 0.343. The summed E-state index contributed by atoms with van der Waals surface area (Å²) in [5, 5.41) is 3.44. The zero-order valence-corrected chi connectivity index (χ0v) is 7.90. The van der Waals surface area contributed by atoms with Crippen LogP contribution in [0.25, 0.3) is 0 Å². The van der Waals surface area contributed by atoms with E-state index in [1.54, 1.807) is 0 Å². The van der Waals surface area contributed by atoms with Gasteiger partial charge in [0.2, 0.25) is 0 Å². The lowest BCUT2D eigenvalue weighted by atomic mass is 9.92. The molecule has 0 heterocycles. The molecule has 0 aliphatic heterocycles. The van der Waals surface area contributed by atoms with Crippen LogP contribution in [0.15, 0.2) is 0 Å². The highest BCUT2D eigenvalue weighted by Crippen LogP contribution is 2.25. The van der Waals surface area contributed by atoms with Crippen LogP contribution in [-0.2, 0) is 0 Å². The number of hydrogen-bond acceptors (Lipinski definition) is 1. The monoisotopic (exact) mass is 155 g/mol. The van der Waals surface area contributed by atoms with Crippen molar-refractivity contribution in [3.05, 3.63) is 0 Å². The summed E-state index contributed by atoms with van der Waals surface area (Å²) >= 11 is 0. The summed E-state index contributed by atoms with van der Waals surface area (Å²) in [4.78, 5) is 0. The standard InChI is InChI=1S/C10H21N/c1-3-9-7-5-4-6-8-10(9)11-2/h9-11H,3-8H2,1-2H3/t9-,10-/m0/s1. The predicted molar refractivity (Wildman–Crippen MR) is 49.7 cm³/mol. The molecule has 2 atom stereocenters. The lowest BCUT2D eigenvalue weighted by Crippen LogP contribution is -2.32. The van der Waals surface area contributed by atoms with Crippen molar-refractivity contribution in [3.63, 3.8) is 0 Å². The number of nitrogens with one attached hydrogen (secondary N) is 1. The van der Waals surface area contributed by atoms with Crippen LogP contribution in [0.4, 0.5) is 0 Å². The maximum absolute atomic E-state index is 3.44. The Kier molecular flexibility index (Phi) is 3.92. The fourth-order valence-electron chi connectivity index (χ4n) is 2.25. The smallest absolute Gasteiger partial charge is 0.00922 e. The van der Waals surface area contributed by atoms with Gasteiger partial charge in [-0.2, -0.15) is 0 Å². The van der Waals surface area contributed by atoms with Crippen LogP contribution in [0.3, 0.4) is 0 Å². The van der Waals surface area contributed by atoms with Gasteiger partial charge in [0.15, 0.2) is 0 Å². The molecule has 1 fully saturated rings. The molecule has 1 aliphatic carbocycles. The van der Waals surface area contributed by atoms with E-state index in [2.05, 4.69) is 19.3 Å². The minimum atomic E-state index is 0.808. The molecule has 1 nitrogen and oxygen atoms in total. The van der Waals surface area contributed by atoms with E-state index in [1.807, 2.05) is 0 Å². The fraction of sp³-hybridized carbons (Fsp3) is 1.00. The van der Waals surface area contributed by atoms with Crippen molar-refractivity contribution in [3.8, 4) is 0 Å². The first-order valence-electron chi connectivity index (χ1n) is 5.05. The SMILES string of the molecule is CC[C@H]1CCCCC[C@@H]1NC. The molecule has 0 spiro atoms. The van der Waals surface area contributed by atoms with Crippen LogP contribution in [0, 0.1) is 5.92 Å². The Bertz CT molecular complexity index is 89.0. The first-order valence-corrected chi connectivity index (χ1v) is 5.05. The fourth-order valence-corrected chi connectivity index (χ4v) is 2.25. The van der Waals surface area contributed by atoms with Gasteiger partial charge in [-0.15, -0.1) is 0 Å². The van der Waals surface area contributed by atoms with Crippen molar-refractivity contribution in [2.24, 2.45) is 5.92 Å². The van der Waals surface area contributed by atoms with Crippen LogP contribution >= 0.6 is 0 Å². The maximum atomic E-state index is 3.44. The van der Waals surface area contributed by atoms with E-state index in [0.29, 0.717) is 0 Å². The Hall–Kier alpha value is -0.0400. The van der Waals surface area contributed by atoms with E-state index >= 15 is 0 Å². The Morgan fingerprint density at radius 2 is 1.91 bits per heavy atom. The first-order chi connectivity index (χ1) is 5.38. The predicted octanol–water partition coefficient (Wildman–Crippen LogP) is 2.56. The summed E-state index contributed by atoms with van der Waals surface area (Å²) in [6.07, 6.45) is 8.54. The molecule has 1 saturated carbocycles. The molecule has 1 heteroatoms. The molecule has 0 aromatic rings. The van der Waals surface area contributed by atoms with E-state index in [0.717, 1.165) is 12.0 Å². The summed E-state index contributed by atoms with van der Waals surface area (Å²) in [6, 6.07) is 0.808. The minimum absolute atomic E-state index is 0.808. The summed E-state index contributed by atoms with van der Waals surface area (Å²) in [5.41, 5.74) is 0. The molecular formula is C10H21N. The molecular weight excluding hydrogens is 134 g/mol. The first kappa shape index (κ1) is 9.05. The van der Waals surface area contributed by atoms with E-state index < -0.39 is 0 Å². The molecule has 1 rings (SSSR count). The maximum Gasteiger partial charge on any atom is 0.00922 e. The molecule has 0 bridgehead atoms. The highest BCUT2D eigenvalue weighted by atomic mass is 14.9. The molecule has 11 heavy (non-hydrogen) atoms. The van der Waals surface area contributed by atoms with Gasteiger partial charge >= 0.3 is 0 Å². The minimum Gasteiger partial charge on any atom is -0.317 e. The number of rotatable bonds is 2. The zero-order chi connectivity index (χ0) is 8.10. The summed E-state index contributed by atoms with van der Waals surface area (Å²) in [6.45, 7) is 2.32. The van der Waals surface area contributed by atoms with Gasteiger partial charge in [-0.3, -0.25) is 0 Å². The summed E-state index contributed by atoms with van der Waals surface area (Å²) in [5.74, 6) is 0.947. The highest BCUT2D eigenvalue weighted by Gasteiger charge is 2.19. The summed E-state index contributed by atoms with van der Waals surface area (Å²) in [7, 11) is 2.11. The van der Waals surface area contributed by atoms with E-state index in [4.69, 9.17) is 0 Å². The van der Waals surface area contributed by atoms with Gasteiger partial charge < -0.3 is 5.32 Å². The van der Waals surface area contributed by atoms with Gasteiger partial charge in [0.05, 0.1) is 0 Å². The van der Waals surface area contributed by atoms with Gasteiger partial charge in [-0.25, -0.2) is 0 Å². The molecule has 0 radical (unpaired) electrons. The average molecular weight is 155 g/mol. The molecule has 0 unspecified atom stereocenters. The van der Waals surface area contributed by atoms with Crippen molar-refractivity contribution in [1.29, 1.82) is 0 Å². The molecule has 1 aliphatic rings. The lowest BCUT2D eigenvalue weighted by Gasteiger charge is -2.22.